The Hall–Kier alpha value is -1.64. The van der Waals surface area contributed by atoms with Crippen LogP contribution in [-0.4, -0.2) is 41.0 Å². The zero-order valence-corrected chi connectivity index (χ0v) is 17.6. The van der Waals surface area contributed by atoms with E-state index in [1.165, 1.54) is 11.8 Å². The molecule has 3 aromatic rings. The van der Waals surface area contributed by atoms with Gasteiger partial charge in [0, 0.05) is 23.0 Å². The van der Waals surface area contributed by atoms with Gasteiger partial charge in [0.15, 0.2) is 20.0 Å². The maximum absolute atomic E-state index is 12.8. The molecule has 0 bridgehead atoms. The summed E-state index contributed by atoms with van der Waals surface area (Å²) in [7, 11) is -2.96. The van der Waals surface area contributed by atoms with Crippen molar-refractivity contribution in [2.24, 2.45) is 0 Å². The fraction of sp³-hybridized carbons (Fsp3) is 0.368. The molecule has 1 aliphatic rings. The Kier molecular flexibility index (Phi) is 4.90. The maximum Gasteiger partial charge on any atom is 0.174 e. The molecule has 0 saturated carbocycles. The van der Waals surface area contributed by atoms with E-state index in [1.807, 2.05) is 48.7 Å². The summed E-state index contributed by atoms with van der Waals surface area (Å²) in [5, 5.41) is 0. The SMILES string of the molecule is Cc1cc(C(=O)CSc2nc3ccccc3s2)c(C)n1C1CCS(=O)(=O)C1. The monoisotopic (exact) mass is 420 g/mol. The third-order valence-electron chi connectivity index (χ3n) is 4.96. The molecule has 27 heavy (non-hydrogen) atoms. The average molecular weight is 421 g/mol. The van der Waals surface area contributed by atoms with Crippen molar-refractivity contribution in [3.8, 4) is 0 Å². The Morgan fingerprint density at radius 3 is 2.81 bits per heavy atom. The number of rotatable bonds is 5. The first-order valence-electron chi connectivity index (χ1n) is 8.74. The number of benzene rings is 1. The number of hydrogen-bond acceptors (Lipinski definition) is 6. The van der Waals surface area contributed by atoms with Crippen molar-refractivity contribution < 1.29 is 13.2 Å². The van der Waals surface area contributed by atoms with E-state index in [2.05, 4.69) is 4.98 Å². The van der Waals surface area contributed by atoms with Crippen LogP contribution in [-0.2, 0) is 9.84 Å². The molecule has 8 heteroatoms. The van der Waals surface area contributed by atoms with Crippen LogP contribution >= 0.6 is 23.1 Å². The zero-order valence-electron chi connectivity index (χ0n) is 15.1. The van der Waals surface area contributed by atoms with Gasteiger partial charge in [0.1, 0.15) is 0 Å². The molecule has 1 atom stereocenters. The number of thioether (sulfide) groups is 1. The number of para-hydroxylation sites is 1. The lowest BCUT2D eigenvalue weighted by molar-refractivity contribution is 0.102. The number of aryl methyl sites for hydroxylation is 1. The Balaban J connectivity index is 1.51. The van der Waals surface area contributed by atoms with Crippen LogP contribution in [0.1, 0.15) is 34.2 Å². The number of ketones is 1. The highest BCUT2D eigenvalue weighted by molar-refractivity contribution is 8.01. The smallest absolute Gasteiger partial charge is 0.174 e. The Morgan fingerprint density at radius 1 is 1.33 bits per heavy atom. The highest BCUT2D eigenvalue weighted by atomic mass is 32.2. The van der Waals surface area contributed by atoms with Gasteiger partial charge in [-0.25, -0.2) is 13.4 Å². The van der Waals surface area contributed by atoms with Gasteiger partial charge in [0.2, 0.25) is 0 Å². The standard InChI is InChI=1S/C19H20N2O3S3/c1-12-9-15(13(2)21(12)14-7-8-27(23,24)11-14)17(22)10-25-19-20-16-5-3-4-6-18(16)26-19/h3-6,9,14H,7-8,10-11H2,1-2H3. The van der Waals surface area contributed by atoms with Gasteiger partial charge < -0.3 is 4.57 Å². The lowest BCUT2D eigenvalue weighted by Gasteiger charge is -2.16. The molecule has 3 heterocycles. The molecule has 1 aromatic carbocycles. The van der Waals surface area contributed by atoms with Gasteiger partial charge in [-0.2, -0.15) is 0 Å². The lowest BCUT2D eigenvalue weighted by atomic mass is 10.2. The molecule has 1 fully saturated rings. The van der Waals surface area contributed by atoms with Crippen LogP contribution in [0.3, 0.4) is 0 Å². The minimum atomic E-state index is -2.96. The summed E-state index contributed by atoms with van der Waals surface area (Å²) in [6, 6.07) is 9.77. The fourth-order valence-electron chi connectivity index (χ4n) is 3.72. The molecule has 1 aliphatic heterocycles. The van der Waals surface area contributed by atoms with Gasteiger partial charge in [-0.15, -0.1) is 11.3 Å². The average Bonchev–Trinajstić information content (AvgIpc) is 3.27. The van der Waals surface area contributed by atoms with Crippen molar-refractivity contribution in [3.63, 3.8) is 0 Å². The number of Topliss-reactive ketones (excluding diaryl/α,β-unsaturated/α-hetero) is 1. The minimum absolute atomic E-state index is 0.0551. The molecule has 0 amide bonds. The summed E-state index contributed by atoms with van der Waals surface area (Å²) < 4.78 is 27.7. The van der Waals surface area contributed by atoms with E-state index in [9.17, 15) is 13.2 Å². The van der Waals surface area contributed by atoms with Gasteiger partial charge in [0.05, 0.1) is 27.5 Å². The Bertz CT molecular complexity index is 1100. The molecule has 5 nitrogen and oxygen atoms in total. The van der Waals surface area contributed by atoms with Crippen molar-refractivity contribution in [2.45, 2.75) is 30.6 Å². The quantitative estimate of drug-likeness (QED) is 0.460. The van der Waals surface area contributed by atoms with Crippen LogP contribution in [0, 0.1) is 13.8 Å². The number of nitrogens with zero attached hydrogens (tertiary/aromatic N) is 2. The topological polar surface area (TPSA) is 69.0 Å². The van der Waals surface area contributed by atoms with Gasteiger partial charge in [-0.1, -0.05) is 23.9 Å². The highest BCUT2D eigenvalue weighted by Crippen LogP contribution is 2.32. The second kappa shape index (κ2) is 7.07. The van der Waals surface area contributed by atoms with Crippen molar-refractivity contribution in [3.05, 3.63) is 47.3 Å². The second-order valence-corrected chi connectivity index (χ2v) is 11.4. The maximum atomic E-state index is 12.8. The first-order chi connectivity index (χ1) is 12.8. The van der Waals surface area contributed by atoms with Gasteiger partial charge in [0.25, 0.3) is 0 Å². The molecule has 0 spiro atoms. The summed E-state index contributed by atoms with van der Waals surface area (Å²) in [6.07, 6.45) is 0.618. The third kappa shape index (κ3) is 3.70. The molecule has 4 rings (SSSR count). The van der Waals surface area contributed by atoms with Crippen molar-refractivity contribution >= 4 is 48.9 Å². The molecule has 142 valence electrons. The van der Waals surface area contributed by atoms with Crippen LogP contribution in [0.25, 0.3) is 10.2 Å². The Labute approximate surface area is 166 Å². The van der Waals surface area contributed by atoms with Crippen molar-refractivity contribution in [2.75, 3.05) is 17.3 Å². The molecule has 0 aliphatic carbocycles. The number of carbonyl (C=O) groups excluding carboxylic acids is 1. The van der Waals surface area contributed by atoms with E-state index in [-0.39, 0.29) is 23.3 Å². The predicted octanol–water partition coefficient (Wildman–Crippen LogP) is 4.05. The van der Waals surface area contributed by atoms with Crippen LogP contribution < -0.4 is 0 Å². The number of fused-ring (bicyclic) bond motifs is 1. The molecule has 2 aromatic heterocycles. The molecule has 0 N–H and O–H groups in total. The molecule has 1 unspecified atom stereocenters. The lowest BCUT2D eigenvalue weighted by Crippen LogP contribution is -2.14. The van der Waals surface area contributed by atoms with Gasteiger partial charge >= 0.3 is 0 Å². The molecular formula is C19H20N2O3S3. The van der Waals surface area contributed by atoms with E-state index in [0.717, 1.165) is 25.9 Å². The van der Waals surface area contributed by atoms with E-state index < -0.39 is 9.84 Å². The normalized spacial score (nSPS) is 19.0. The molecule has 1 saturated heterocycles. The summed E-state index contributed by atoms with van der Waals surface area (Å²) in [4.78, 5) is 17.3. The van der Waals surface area contributed by atoms with Crippen molar-refractivity contribution in [1.82, 2.24) is 9.55 Å². The summed E-state index contributed by atoms with van der Waals surface area (Å²) in [5.41, 5.74) is 3.45. The highest BCUT2D eigenvalue weighted by Gasteiger charge is 2.31. The van der Waals surface area contributed by atoms with Crippen molar-refractivity contribution in [1.29, 1.82) is 0 Å². The fourth-order valence-corrected chi connectivity index (χ4v) is 7.37. The second-order valence-electron chi connectivity index (χ2n) is 6.87. The number of sulfone groups is 1. The van der Waals surface area contributed by atoms with Crippen LogP contribution in [0.2, 0.25) is 0 Å². The third-order valence-corrected chi connectivity index (χ3v) is 8.89. The van der Waals surface area contributed by atoms with Gasteiger partial charge in [-0.05, 0) is 38.5 Å². The largest absolute Gasteiger partial charge is 0.344 e. The number of carbonyl (C=O) groups is 1. The van der Waals surface area contributed by atoms with E-state index in [1.54, 1.807) is 11.3 Å². The minimum Gasteiger partial charge on any atom is -0.344 e. The number of thiazole rings is 1. The van der Waals surface area contributed by atoms with E-state index in [0.29, 0.717) is 17.7 Å². The zero-order chi connectivity index (χ0) is 19.2. The number of hydrogen-bond donors (Lipinski definition) is 0. The van der Waals surface area contributed by atoms with Gasteiger partial charge in [-0.3, -0.25) is 4.79 Å². The molecule has 0 radical (unpaired) electrons. The van der Waals surface area contributed by atoms with Crippen LogP contribution in [0.15, 0.2) is 34.7 Å². The number of aromatic nitrogens is 2. The Morgan fingerprint density at radius 2 is 2.11 bits per heavy atom. The summed E-state index contributed by atoms with van der Waals surface area (Å²) in [6.45, 7) is 3.85. The van der Waals surface area contributed by atoms with Crippen LogP contribution in [0.5, 0.6) is 0 Å². The first-order valence-corrected chi connectivity index (χ1v) is 12.4. The molecular weight excluding hydrogens is 400 g/mol. The van der Waals surface area contributed by atoms with E-state index in [4.69, 9.17) is 0 Å². The van der Waals surface area contributed by atoms with E-state index >= 15 is 0 Å². The summed E-state index contributed by atoms with van der Waals surface area (Å²) >= 11 is 3.05. The first kappa shape index (κ1) is 18.7. The van der Waals surface area contributed by atoms with Crippen LogP contribution in [0.4, 0.5) is 0 Å². The predicted molar refractivity (Wildman–Crippen MR) is 111 cm³/mol. The summed E-state index contributed by atoms with van der Waals surface area (Å²) in [5.74, 6) is 0.773.